The van der Waals surface area contributed by atoms with Crippen molar-refractivity contribution in [2.24, 2.45) is 35.5 Å². The summed E-state index contributed by atoms with van der Waals surface area (Å²) in [6.07, 6.45) is 25.5. The van der Waals surface area contributed by atoms with E-state index in [1.165, 1.54) is 89.9 Å². The Hall–Kier alpha value is -1.38. The maximum Gasteiger partial charge on any atom is 0.314 e. The van der Waals surface area contributed by atoms with Crippen LogP contribution in [0.4, 0.5) is 4.39 Å². The van der Waals surface area contributed by atoms with Gasteiger partial charge in [0.15, 0.2) is 11.6 Å². The molecule has 3 heteroatoms. The third kappa shape index (κ3) is 8.82. The number of rotatable bonds is 12. The van der Waals surface area contributed by atoms with E-state index in [4.69, 9.17) is 4.74 Å². The van der Waals surface area contributed by atoms with E-state index in [1.807, 2.05) is 6.07 Å². The molecule has 38 heavy (non-hydrogen) atoms. The monoisotopic (exact) mass is 526 g/mol. The van der Waals surface area contributed by atoms with Crippen LogP contribution >= 0.6 is 0 Å². The Morgan fingerprint density at radius 1 is 0.737 bits per heavy atom. The first-order valence-corrected chi connectivity index (χ1v) is 16.6. The second-order valence-electron chi connectivity index (χ2n) is 13.3. The summed E-state index contributed by atoms with van der Waals surface area (Å²) >= 11 is 0. The van der Waals surface area contributed by atoms with Crippen molar-refractivity contribution < 1.29 is 13.9 Å². The van der Waals surface area contributed by atoms with Gasteiger partial charge in [0, 0.05) is 0 Å². The van der Waals surface area contributed by atoms with Gasteiger partial charge < -0.3 is 4.74 Å². The smallest absolute Gasteiger partial charge is 0.314 e. The van der Waals surface area contributed by atoms with Gasteiger partial charge in [-0.05, 0) is 111 Å². The first kappa shape index (κ1) is 29.6. The standard InChI is InChI=1S/C35H55FO2/c1-3-5-6-8-27-11-18-30(19-12-27)31-20-13-28(14-21-31)9-10-29-17-24-34(33(36)25-29)38-35(37)32-22-15-26(7-4-2)16-23-32/h17,24-28,30-32H,3-16,18-23H2,1-2H3. The summed E-state index contributed by atoms with van der Waals surface area (Å²) in [6.45, 7) is 4.53. The van der Waals surface area contributed by atoms with Gasteiger partial charge in [-0.1, -0.05) is 84.1 Å². The lowest BCUT2D eigenvalue weighted by Crippen LogP contribution is -2.26. The van der Waals surface area contributed by atoms with E-state index in [9.17, 15) is 9.18 Å². The molecule has 2 nitrogen and oxygen atoms in total. The lowest BCUT2D eigenvalue weighted by atomic mass is 9.68. The first-order chi connectivity index (χ1) is 18.6. The molecule has 214 valence electrons. The highest BCUT2D eigenvalue weighted by Gasteiger charge is 2.31. The van der Waals surface area contributed by atoms with Gasteiger partial charge in [0.1, 0.15) is 0 Å². The molecule has 0 bridgehead atoms. The van der Waals surface area contributed by atoms with Gasteiger partial charge in [0.25, 0.3) is 0 Å². The molecule has 0 N–H and O–H groups in total. The number of carbonyl (C=O) groups is 1. The van der Waals surface area contributed by atoms with Crippen LogP contribution in [0.2, 0.25) is 0 Å². The molecule has 3 fully saturated rings. The summed E-state index contributed by atoms with van der Waals surface area (Å²) in [5.74, 6) is 3.88. The third-order valence-electron chi connectivity index (χ3n) is 10.6. The van der Waals surface area contributed by atoms with Gasteiger partial charge in [-0.3, -0.25) is 4.79 Å². The highest BCUT2D eigenvalue weighted by molar-refractivity contribution is 5.75. The Kier molecular flexibility index (Phi) is 12.0. The number of esters is 1. The van der Waals surface area contributed by atoms with Crippen molar-refractivity contribution in [3.8, 4) is 5.75 Å². The normalized spacial score (nSPS) is 30.2. The topological polar surface area (TPSA) is 26.3 Å². The number of ether oxygens (including phenoxy) is 1. The third-order valence-corrected chi connectivity index (χ3v) is 10.6. The fourth-order valence-corrected chi connectivity index (χ4v) is 8.02. The van der Waals surface area contributed by atoms with Crippen LogP contribution in [0.15, 0.2) is 18.2 Å². The minimum absolute atomic E-state index is 0.0712. The lowest BCUT2D eigenvalue weighted by Gasteiger charge is -2.38. The summed E-state index contributed by atoms with van der Waals surface area (Å²) < 4.78 is 20.3. The number of halogens is 1. The average molecular weight is 527 g/mol. The lowest BCUT2D eigenvalue weighted by molar-refractivity contribution is -0.140. The van der Waals surface area contributed by atoms with E-state index in [-0.39, 0.29) is 23.5 Å². The van der Waals surface area contributed by atoms with E-state index in [0.29, 0.717) is 0 Å². The predicted molar refractivity (Wildman–Crippen MR) is 156 cm³/mol. The average Bonchev–Trinajstić information content (AvgIpc) is 2.94. The maximum atomic E-state index is 14.8. The van der Waals surface area contributed by atoms with Crippen LogP contribution in [-0.2, 0) is 11.2 Å². The molecule has 1 aromatic carbocycles. The van der Waals surface area contributed by atoms with E-state index < -0.39 is 0 Å². The Morgan fingerprint density at radius 2 is 1.32 bits per heavy atom. The highest BCUT2D eigenvalue weighted by Crippen LogP contribution is 2.43. The van der Waals surface area contributed by atoms with E-state index in [2.05, 4.69) is 13.8 Å². The molecule has 0 unspecified atom stereocenters. The van der Waals surface area contributed by atoms with Crippen molar-refractivity contribution in [2.75, 3.05) is 0 Å². The molecule has 3 aliphatic rings. The molecule has 3 aliphatic carbocycles. The fourth-order valence-electron chi connectivity index (χ4n) is 8.02. The Bertz CT molecular complexity index is 826. The molecule has 0 aromatic heterocycles. The SMILES string of the molecule is CCCCCC1CCC(C2CCC(CCc3ccc(OC(=O)C4CCC(CCC)CC4)c(F)c3)CC2)CC1. The first-order valence-electron chi connectivity index (χ1n) is 16.6. The van der Waals surface area contributed by atoms with Crippen molar-refractivity contribution in [1.82, 2.24) is 0 Å². The molecular weight excluding hydrogens is 471 g/mol. The number of hydrogen-bond acceptors (Lipinski definition) is 2. The van der Waals surface area contributed by atoms with Gasteiger partial charge in [-0.25, -0.2) is 4.39 Å². The fraction of sp³-hybridized carbons (Fsp3) is 0.800. The van der Waals surface area contributed by atoms with Crippen molar-refractivity contribution in [3.05, 3.63) is 29.6 Å². The number of unbranched alkanes of at least 4 members (excludes halogenated alkanes) is 2. The predicted octanol–water partition coefficient (Wildman–Crippen LogP) is 10.5. The van der Waals surface area contributed by atoms with Gasteiger partial charge in [-0.15, -0.1) is 0 Å². The molecule has 0 radical (unpaired) electrons. The van der Waals surface area contributed by atoms with Crippen LogP contribution in [0.3, 0.4) is 0 Å². The molecule has 3 saturated carbocycles. The zero-order valence-corrected chi connectivity index (χ0v) is 24.5. The zero-order valence-electron chi connectivity index (χ0n) is 24.5. The van der Waals surface area contributed by atoms with Gasteiger partial charge in [-0.2, -0.15) is 0 Å². The number of aryl methyl sites for hydroxylation is 1. The largest absolute Gasteiger partial charge is 0.423 e. The molecule has 4 rings (SSSR count). The minimum Gasteiger partial charge on any atom is -0.423 e. The second-order valence-corrected chi connectivity index (χ2v) is 13.3. The van der Waals surface area contributed by atoms with Crippen molar-refractivity contribution in [3.63, 3.8) is 0 Å². The Balaban J connectivity index is 1.14. The van der Waals surface area contributed by atoms with Crippen LogP contribution < -0.4 is 4.74 Å². The summed E-state index contributed by atoms with van der Waals surface area (Å²) in [7, 11) is 0. The van der Waals surface area contributed by atoms with Crippen LogP contribution in [-0.4, -0.2) is 5.97 Å². The number of hydrogen-bond donors (Lipinski definition) is 0. The zero-order chi connectivity index (χ0) is 26.7. The van der Waals surface area contributed by atoms with Gasteiger partial charge in [0.05, 0.1) is 5.92 Å². The molecule has 0 heterocycles. The minimum atomic E-state index is -0.385. The van der Waals surface area contributed by atoms with Crippen LogP contribution in [0.1, 0.15) is 141 Å². The van der Waals surface area contributed by atoms with E-state index in [0.717, 1.165) is 73.7 Å². The van der Waals surface area contributed by atoms with Crippen LogP contribution in [0, 0.1) is 41.3 Å². The summed E-state index contributed by atoms with van der Waals surface area (Å²) in [6, 6.07) is 5.25. The molecule has 0 spiro atoms. The molecular formula is C35H55FO2. The second kappa shape index (κ2) is 15.4. The molecule has 0 amide bonds. The summed E-state index contributed by atoms with van der Waals surface area (Å²) in [4.78, 5) is 12.6. The summed E-state index contributed by atoms with van der Waals surface area (Å²) in [5, 5.41) is 0. The van der Waals surface area contributed by atoms with Crippen LogP contribution in [0.5, 0.6) is 5.75 Å². The quantitative estimate of drug-likeness (QED) is 0.154. The molecule has 0 atom stereocenters. The van der Waals surface area contributed by atoms with Gasteiger partial charge >= 0.3 is 5.97 Å². The number of carbonyl (C=O) groups excluding carboxylic acids is 1. The molecule has 1 aromatic rings. The Morgan fingerprint density at radius 3 is 1.89 bits per heavy atom. The Labute approximate surface area is 232 Å². The van der Waals surface area contributed by atoms with Crippen molar-refractivity contribution >= 4 is 5.97 Å². The summed E-state index contributed by atoms with van der Waals surface area (Å²) in [5.41, 5.74) is 1.03. The molecule has 0 saturated heterocycles. The van der Waals surface area contributed by atoms with Crippen LogP contribution in [0.25, 0.3) is 0 Å². The van der Waals surface area contributed by atoms with Gasteiger partial charge in [0.2, 0.25) is 0 Å². The number of benzene rings is 1. The van der Waals surface area contributed by atoms with E-state index >= 15 is 0 Å². The van der Waals surface area contributed by atoms with Crippen molar-refractivity contribution in [2.45, 2.75) is 142 Å². The van der Waals surface area contributed by atoms with Crippen molar-refractivity contribution in [1.29, 1.82) is 0 Å². The van der Waals surface area contributed by atoms with E-state index in [1.54, 1.807) is 12.1 Å². The molecule has 0 aliphatic heterocycles. The highest BCUT2D eigenvalue weighted by atomic mass is 19.1. The maximum absolute atomic E-state index is 14.8.